The minimum Gasteiger partial charge on any atom is -0.504 e. The third kappa shape index (κ3) is 5.25. The first-order chi connectivity index (χ1) is 15.0. The van der Waals surface area contributed by atoms with Gasteiger partial charge < -0.3 is 19.5 Å². The highest BCUT2D eigenvalue weighted by Crippen LogP contribution is 2.40. The lowest BCUT2D eigenvalue weighted by molar-refractivity contribution is -0.385. The first-order valence-corrected chi connectivity index (χ1v) is 11.1. The Kier molecular flexibility index (Phi) is 6.85. The number of nitrogens with zero attached hydrogens (tertiary/aromatic N) is 3. The predicted molar refractivity (Wildman–Crippen MR) is 123 cm³/mol. The molecule has 3 rings (SSSR count). The summed E-state index contributed by atoms with van der Waals surface area (Å²) in [7, 11) is 2.01. The van der Waals surface area contributed by atoms with Gasteiger partial charge in [-0.2, -0.15) is 0 Å². The van der Waals surface area contributed by atoms with Crippen LogP contribution in [0.2, 0.25) is 0 Å². The molecule has 1 N–H and O–H groups in total. The number of ether oxygens (including phenoxy) is 2. The van der Waals surface area contributed by atoms with E-state index in [1.54, 1.807) is 27.7 Å². The molecule has 2 heterocycles. The summed E-state index contributed by atoms with van der Waals surface area (Å²) in [4.78, 5) is 31.4. The number of hydrogen-bond acceptors (Lipinski definition) is 9. The van der Waals surface area contributed by atoms with Crippen LogP contribution in [0.15, 0.2) is 17.1 Å². The molecule has 172 valence electrons. The van der Waals surface area contributed by atoms with Gasteiger partial charge >= 0.3 is 5.97 Å². The Balaban J connectivity index is 2.07. The molecule has 0 fully saturated rings. The van der Waals surface area contributed by atoms with Crippen LogP contribution in [0.4, 0.5) is 10.7 Å². The van der Waals surface area contributed by atoms with Gasteiger partial charge in [0.1, 0.15) is 10.6 Å². The fourth-order valence-electron chi connectivity index (χ4n) is 3.36. The van der Waals surface area contributed by atoms with Gasteiger partial charge in [0, 0.05) is 35.8 Å². The van der Waals surface area contributed by atoms with E-state index < -0.39 is 16.5 Å². The Morgan fingerprint density at radius 1 is 1.41 bits per heavy atom. The maximum absolute atomic E-state index is 13.0. The van der Waals surface area contributed by atoms with Crippen LogP contribution in [0.1, 0.15) is 54.1 Å². The van der Waals surface area contributed by atoms with Gasteiger partial charge in [-0.1, -0.05) is 0 Å². The fourth-order valence-corrected chi connectivity index (χ4v) is 4.62. The van der Waals surface area contributed by atoms with Gasteiger partial charge in [0.2, 0.25) is 0 Å². The van der Waals surface area contributed by atoms with Crippen molar-refractivity contribution < 1.29 is 24.3 Å². The molecule has 0 saturated heterocycles. The molecule has 0 bridgehead atoms. The lowest BCUT2D eigenvalue weighted by Gasteiger charge is -2.23. The van der Waals surface area contributed by atoms with Gasteiger partial charge in [-0.25, -0.2) is 9.79 Å². The quantitative estimate of drug-likeness (QED) is 0.292. The summed E-state index contributed by atoms with van der Waals surface area (Å²) in [6, 6.07) is 2.39. The van der Waals surface area contributed by atoms with E-state index in [1.807, 2.05) is 7.05 Å². The summed E-state index contributed by atoms with van der Waals surface area (Å²) in [6.07, 6.45) is 2.02. The number of benzene rings is 1. The third-order valence-corrected chi connectivity index (χ3v) is 5.88. The topological polar surface area (TPSA) is 115 Å². The molecule has 0 spiro atoms. The summed E-state index contributed by atoms with van der Waals surface area (Å²) in [5.41, 5.74) is 0.573. The van der Waals surface area contributed by atoms with E-state index in [9.17, 15) is 20.0 Å². The van der Waals surface area contributed by atoms with Crippen LogP contribution >= 0.6 is 11.3 Å². The largest absolute Gasteiger partial charge is 0.504 e. The summed E-state index contributed by atoms with van der Waals surface area (Å²) < 4.78 is 10.9. The van der Waals surface area contributed by atoms with E-state index in [4.69, 9.17) is 9.47 Å². The van der Waals surface area contributed by atoms with E-state index in [2.05, 4.69) is 9.89 Å². The zero-order valence-electron chi connectivity index (χ0n) is 18.8. The molecule has 32 heavy (non-hydrogen) atoms. The predicted octanol–water partition coefficient (Wildman–Crippen LogP) is 4.45. The van der Waals surface area contributed by atoms with Crippen LogP contribution in [0.5, 0.6) is 11.5 Å². The Hall–Kier alpha value is -2.98. The van der Waals surface area contributed by atoms with E-state index in [0.29, 0.717) is 23.5 Å². The number of fused-ring (bicyclic) bond motifs is 1. The standard InChI is InChI=1S/C22H27N3O6S/c1-6-30-16-10-14(25(28)29)9-13(19(16)26)11-23-20-18(21(27)31-22(2,3)4)15-7-8-24(5)12-17(15)32-20/h9-11,26H,6-8,12H2,1-5H3. The minimum atomic E-state index is -0.664. The molecule has 0 radical (unpaired) electrons. The van der Waals surface area contributed by atoms with E-state index in [1.165, 1.54) is 29.7 Å². The smallest absolute Gasteiger partial charge is 0.342 e. The number of rotatable bonds is 6. The summed E-state index contributed by atoms with van der Waals surface area (Å²) in [6.45, 7) is 8.87. The molecular weight excluding hydrogens is 434 g/mol. The number of nitro benzene ring substituents is 1. The lowest BCUT2D eigenvalue weighted by Crippen LogP contribution is -2.28. The number of likely N-dealkylation sites (N-methyl/N-ethyl adjacent to an activating group) is 1. The average molecular weight is 462 g/mol. The van der Waals surface area contributed by atoms with Crippen LogP contribution in [-0.2, 0) is 17.7 Å². The van der Waals surface area contributed by atoms with Crippen molar-refractivity contribution in [2.24, 2.45) is 4.99 Å². The number of phenolic OH excluding ortho intramolecular Hbond substituents is 1. The number of hydrogen-bond donors (Lipinski definition) is 1. The zero-order chi connectivity index (χ0) is 23.6. The van der Waals surface area contributed by atoms with E-state index in [0.717, 1.165) is 17.0 Å². The van der Waals surface area contributed by atoms with Crippen molar-refractivity contribution in [2.75, 3.05) is 20.2 Å². The molecular formula is C22H27N3O6S. The molecule has 1 aliphatic rings. The van der Waals surface area contributed by atoms with Gasteiger partial charge in [-0.3, -0.25) is 10.1 Å². The molecule has 1 aromatic carbocycles. The third-order valence-electron chi connectivity index (χ3n) is 4.75. The van der Waals surface area contributed by atoms with E-state index >= 15 is 0 Å². The molecule has 0 atom stereocenters. The van der Waals surface area contributed by atoms with Crippen molar-refractivity contribution in [2.45, 2.75) is 46.3 Å². The van der Waals surface area contributed by atoms with Crippen LogP contribution in [-0.4, -0.2) is 52.9 Å². The summed E-state index contributed by atoms with van der Waals surface area (Å²) in [5, 5.41) is 22.2. The molecule has 2 aromatic rings. The van der Waals surface area contributed by atoms with Crippen molar-refractivity contribution in [3.63, 3.8) is 0 Å². The number of thiophene rings is 1. The first kappa shape index (κ1) is 23.7. The second kappa shape index (κ2) is 9.25. The lowest BCUT2D eigenvalue weighted by atomic mass is 10.0. The maximum Gasteiger partial charge on any atom is 0.342 e. The van der Waals surface area contributed by atoms with Gasteiger partial charge in [0.15, 0.2) is 11.5 Å². The highest BCUT2D eigenvalue weighted by Gasteiger charge is 2.30. The SMILES string of the molecule is CCOc1cc([N+](=O)[O-])cc(C=Nc2sc3c(c2C(=O)OC(C)(C)C)CCN(C)C3)c1O. The Morgan fingerprint density at radius 2 is 2.12 bits per heavy atom. The molecule has 1 aromatic heterocycles. The number of aromatic hydroxyl groups is 1. The van der Waals surface area contributed by atoms with E-state index in [-0.39, 0.29) is 29.4 Å². The maximum atomic E-state index is 13.0. The molecule has 10 heteroatoms. The van der Waals surface area contributed by atoms with Crippen LogP contribution in [0, 0.1) is 10.1 Å². The Morgan fingerprint density at radius 3 is 2.75 bits per heavy atom. The molecule has 0 aliphatic carbocycles. The minimum absolute atomic E-state index is 0.00242. The monoisotopic (exact) mass is 461 g/mol. The van der Waals surface area contributed by atoms with Crippen molar-refractivity contribution >= 4 is 34.2 Å². The zero-order valence-corrected chi connectivity index (χ0v) is 19.6. The molecule has 0 amide bonds. The summed E-state index contributed by atoms with van der Waals surface area (Å²) >= 11 is 1.38. The van der Waals surface area contributed by atoms with Gasteiger partial charge in [-0.15, -0.1) is 11.3 Å². The molecule has 0 unspecified atom stereocenters. The second-order valence-corrected chi connectivity index (χ2v) is 9.59. The number of nitro groups is 1. The fraction of sp³-hybridized carbons (Fsp3) is 0.455. The highest BCUT2D eigenvalue weighted by molar-refractivity contribution is 7.16. The number of carbonyl (C=O) groups excluding carboxylic acids is 1. The Bertz CT molecular complexity index is 1070. The molecule has 1 aliphatic heterocycles. The van der Waals surface area contributed by atoms with Crippen LogP contribution < -0.4 is 4.74 Å². The van der Waals surface area contributed by atoms with Gasteiger partial charge in [0.25, 0.3) is 5.69 Å². The van der Waals surface area contributed by atoms with Gasteiger partial charge in [0.05, 0.1) is 23.2 Å². The first-order valence-electron chi connectivity index (χ1n) is 10.2. The number of aliphatic imine (C=N–C) groups is 1. The Labute approximate surface area is 190 Å². The van der Waals surface area contributed by atoms with Crippen molar-refractivity contribution in [3.05, 3.63) is 43.8 Å². The molecule has 0 saturated carbocycles. The average Bonchev–Trinajstić information content (AvgIpc) is 3.04. The number of esters is 1. The number of phenols is 1. The highest BCUT2D eigenvalue weighted by atomic mass is 32.1. The summed E-state index contributed by atoms with van der Waals surface area (Å²) in [5.74, 6) is -0.700. The van der Waals surface area contributed by atoms with Crippen LogP contribution in [0.3, 0.4) is 0 Å². The number of carbonyl (C=O) groups is 1. The van der Waals surface area contributed by atoms with Crippen molar-refractivity contribution in [1.82, 2.24) is 4.90 Å². The van der Waals surface area contributed by atoms with Crippen molar-refractivity contribution in [3.8, 4) is 11.5 Å². The normalized spacial score (nSPS) is 14.4. The molecule has 9 nitrogen and oxygen atoms in total. The van der Waals surface area contributed by atoms with Crippen molar-refractivity contribution in [1.29, 1.82) is 0 Å². The van der Waals surface area contributed by atoms with Gasteiger partial charge in [-0.05, 0) is 46.7 Å². The number of non-ortho nitro benzene ring substituents is 1. The van der Waals surface area contributed by atoms with Crippen LogP contribution in [0.25, 0.3) is 0 Å². The second-order valence-electron chi connectivity index (χ2n) is 8.50.